The molecule has 1 fully saturated rings. The molecule has 33 heteroatoms. The van der Waals surface area contributed by atoms with Crippen LogP contribution in [-0.4, -0.2) is 201 Å². The number of rotatable bonds is 20. The summed E-state index contributed by atoms with van der Waals surface area (Å²) in [7, 11) is 5.15. The normalized spacial score (nSPS) is 24.2. The number of halogens is 1. The quantitative estimate of drug-likeness (QED) is 0.0496. The van der Waals surface area contributed by atoms with E-state index in [1.807, 2.05) is 39.8 Å². The maximum Gasteiger partial charge on any atom is 0.321 e. The van der Waals surface area contributed by atoms with E-state index in [-0.39, 0.29) is 92.2 Å². The summed E-state index contributed by atoms with van der Waals surface area (Å²) < 4.78 is 25.5. The van der Waals surface area contributed by atoms with Crippen molar-refractivity contribution in [1.29, 1.82) is 0 Å². The molecule has 6 aliphatic heterocycles. The monoisotopic (exact) mass is 1490 g/mol. The first-order valence-corrected chi connectivity index (χ1v) is 35.2. The van der Waals surface area contributed by atoms with Crippen LogP contribution in [0.1, 0.15) is 135 Å². The molecule has 1 saturated heterocycles. The number of hydrogen-bond donors (Lipinski definition) is 18. The van der Waals surface area contributed by atoms with Crippen molar-refractivity contribution in [2.75, 3.05) is 47.4 Å². The molecule has 0 saturated carbocycles. The van der Waals surface area contributed by atoms with Gasteiger partial charge in [0.05, 0.1) is 24.1 Å². The molecule has 106 heavy (non-hydrogen) atoms. The number of likely N-dealkylation sites (N-methyl/N-ethyl adjacent to an activating group) is 1. The molecule has 5 aromatic carbocycles. The number of aliphatic hydroxyl groups excluding tert-OH is 6. The van der Waals surface area contributed by atoms with Gasteiger partial charge in [0.1, 0.15) is 95.9 Å². The Bertz CT molecular complexity index is 4110. The first-order chi connectivity index (χ1) is 50.4. The number of nitrogens with one attached hydrogen (secondary N) is 10. The van der Waals surface area contributed by atoms with Crippen molar-refractivity contribution in [2.24, 2.45) is 5.92 Å². The van der Waals surface area contributed by atoms with Gasteiger partial charge in [-0.25, -0.2) is 4.79 Å². The van der Waals surface area contributed by atoms with Gasteiger partial charge in [-0.15, -0.1) is 0 Å². The number of benzene rings is 5. The minimum atomic E-state index is -2.29. The molecule has 18 N–H and O–H groups in total. The SMILES string of the molecule is CCCCCCNC(=O)NC(=O)C[C@@H]1NC(=O)[C@H](NC(=O)[C@@H](CC(C)C)NC)[C@H](O)c2ccc(c(C)c2)Oc2cc3cc(c2O[C@@H]2O[C@H](CO)[C@@H](O)[C@H](O)[C@H]2O)Oc2ccc(cc2Cl)[C@@H](O)[C@@H]2NC(=O)[C@H](NC(=O)[C@@H]3NC1=O)c1ccc(O)c(c1)-c1c(C)cc(O)cc1[C@@H](C(=O)NCCCN(C)C)NC2=O. The molecule has 0 radical (unpaired) electrons. The Morgan fingerprint density at radius 1 is 0.660 bits per heavy atom. The Labute approximate surface area is 615 Å². The Balaban J connectivity index is 1.30. The van der Waals surface area contributed by atoms with Crippen LogP contribution < -0.4 is 67.4 Å². The van der Waals surface area contributed by atoms with E-state index in [2.05, 4.69) is 53.2 Å². The van der Waals surface area contributed by atoms with Gasteiger partial charge in [0.2, 0.25) is 59.3 Å². The number of hydrogen-bond acceptors (Lipinski definition) is 23. The number of fused-ring (bicyclic) bond motifs is 15. The van der Waals surface area contributed by atoms with Crippen molar-refractivity contribution in [2.45, 2.75) is 165 Å². The van der Waals surface area contributed by atoms with Gasteiger partial charge >= 0.3 is 6.03 Å². The Morgan fingerprint density at radius 3 is 1.97 bits per heavy atom. The van der Waals surface area contributed by atoms with Crippen LogP contribution in [0.15, 0.2) is 78.9 Å². The molecule has 0 spiro atoms. The van der Waals surface area contributed by atoms with Crippen molar-refractivity contribution in [3.8, 4) is 51.4 Å². The van der Waals surface area contributed by atoms with Gasteiger partial charge in [-0.1, -0.05) is 69.8 Å². The third-order valence-electron chi connectivity index (χ3n) is 18.5. The zero-order chi connectivity index (χ0) is 77.1. The number of ether oxygens (including phenoxy) is 4. The van der Waals surface area contributed by atoms with Gasteiger partial charge in [-0.3, -0.25) is 43.7 Å². The van der Waals surface area contributed by atoms with Gasteiger partial charge in [0.15, 0.2) is 11.5 Å². The largest absolute Gasteiger partial charge is 0.508 e. The maximum absolute atomic E-state index is 16.3. The fourth-order valence-corrected chi connectivity index (χ4v) is 13.1. The van der Waals surface area contributed by atoms with Crippen LogP contribution in [0.25, 0.3) is 11.1 Å². The molecule has 6 heterocycles. The van der Waals surface area contributed by atoms with Crippen LogP contribution in [0.3, 0.4) is 0 Å². The average Bonchev–Trinajstić information content (AvgIpc) is 0.770. The summed E-state index contributed by atoms with van der Waals surface area (Å²) in [4.78, 5) is 137. The lowest BCUT2D eigenvalue weighted by Gasteiger charge is -2.39. The number of nitrogens with zero attached hydrogens (tertiary/aromatic N) is 1. The second-order valence-electron chi connectivity index (χ2n) is 27.3. The summed E-state index contributed by atoms with van der Waals surface area (Å²) >= 11 is 7.11. The van der Waals surface area contributed by atoms with E-state index in [4.69, 9.17) is 30.5 Å². The number of phenols is 2. The molecule has 14 atom stereocenters. The fraction of sp³-hybridized carbons (Fsp3) is 0.466. The van der Waals surface area contributed by atoms with Crippen molar-refractivity contribution in [3.63, 3.8) is 0 Å². The van der Waals surface area contributed by atoms with Crippen molar-refractivity contribution in [1.82, 2.24) is 58.1 Å². The van der Waals surface area contributed by atoms with E-state index >= 15 is 24.0 Å². The van der Waals surface area contributed by atoms with Gasteiger partial charge in [-0.2, -0.15) is 0 Å². The number of carbonyl (C=O) groups is 9. The summed E-state index contributed by atoms with van der Waals surface area (Å²) in [6.07, 6.45) is -11.2. The number of urea groups is 1. The molecule has 6 aliphatic rings. The molecular formula is C73H92ClN11O21. The molecule has 5 aromatic rings. The molecule has 11 rings (SSSR count). The van der Waals surface area contributed by atoms with Crippen molar-refractivity contribution >= 4 is 64.9 Å². The highest BCUT2D eigenvalue weighted by molar-refractivity contribution is 6.32. The van der Waals surface area contributed by atoms with Crippen molar-refractivity contribution < 1.29 is 103 Å². The van der Waals surface area contributed by atoms with Crippen molar-refractivity contribution in [3.05, 3.63) is 123 Å². The lowest BCUT2D eigenvalue weighted by atomic mass is 9.87. The number of aryl methyl sites for hydroxylation is 2. The van der Waals surface area contributed by atoms with E-state index in [9.17, 15) is 60.0 Å². The summed E-state index contributed by atoms with van der Waals surface area (Å²) in [5.74, 6) is -12.4. The maximum atomic E-state index is 16.3. The van der Waals surface area contributed by atoms with E-state index in [1.54, 1.807) is 0 Å². The van der Waals surface area contributed by atoms with Crippen LogP contribution >= 0.6 is 11.6 Å². The second kappa shape index (κ2) is 35.6. The highest BCUT2D eigenvalue weighted by Crippen LogP contribution is 2.48. The molecule has 0 unspecified atom stereocenters. The summed E-state index contributed by atoms with van der Waals surface area (Å²) in [6, 6.07) is 1.48. The summed E-state index contributed by atoms with van der Waals surface area (Å²) in [5, 5.41) is 118. The number of unbranched alkanes of at least 4 members (excludes halogenated alkanes) is 3. The van der Waals surface area contributed by atoms with Gasteiger partial charge in [0, 0.05) is 18.7 Å². The number of imide groups is 1. The minimum absolute atomic E-state index is 0.0272. The van der Waals surface area contributed by atoms with Gasteiger partial charge in [-0.05, 0) is 172 Å². The molecular weight excluding hydrogens is 1400 g/mol. The first-order valence-electron chi connectivity index (χ1n) is 34.8. The number of phenolic OH excluding ortho intramolecular Hbond substituents is 2. The Morgan fingerprint density at radius 2 is 1.31 bits per heavy atom. The number of carbonyl (C=O) groups excluding carboxylic acids is 9. The lowest BCUT2D eigenvalue weighted by Crippen LogP contribution is -2.60. The molecule has 32 nitrogen and oxygen atoms in total. The predicted molar refractivity (Wildman–Crippen MR) is 381 cm³/mol. The molecule has 10 amide bonds. The molecule has 0 aromatic heterocycles. The van der Waals surface area contributed by atoms with Crippen LogP contribution in [0.2, 0.25) is 5.02 Å². The number of aliphatic hydroxyl groups is 6. The highest BCUT2D eigenvalue weighted by atomic mass is 35.5. The summed E-state index contributed by atoms with van der Waals surface area (Å²) in [5.41, 5.74) is -0.555. The van der Waals surface area contributed by atoms with E-state index in [1.165, 1.54) is 75.5 Å². The summed E-state index contributed by atoms with van der Waals surface area (Å²) in [6.45, 7) is 8.53. The van der Waals surface area contributed by atoms with Crippen LogP contribution in [-0.2, 0) is 43.1 Å². The zero-order valence-corrected chi connectivity index (χ0v) is 60.4. The van der Waals surface area contributed by atoms with E-state index < -0.39 is 180 Å². The Kier molecular flexibility index (Phi) is 27.0. The number of aromatic hydroxyl groups is 2. The second-order valence-corrected chi connectivity index (χ2v) is 27.7. The third-order valence-corrected chi connectivity index (χ3v) is 18.8. The van der Waals surface area contributed by atoms with Crippen LogP contribution in [0.4, 0.5) is 4.79 Å². The van der Waals surface area contributed by atoms with Crippen LogP contribution in [0.5, 0.6) is 40.2 Å². The smallest absolute Gasteiger partial charge is 0.321 e. The molecule has 0 aliphatic carbocycles. The topological polar surface area (TPSA) is 476 Å². The highest BCUT2D eigenvalue weighted by Gasteiger charge is 2.47. The van der Waals surface area contributed by atoms with E-state index in [0.29, 0.717) is 19.4 Å². The lowest BCUT2D eigenvalue weighted by molar-refractivity contribution is -0.277. The molecule has 11 bridgehead atoms. The first kappa shape index (κ1) is 80.4. The van der Waals surface area contributed by atoms with Crippen LogP contribution in [0, 0.1) is 19.8 Å². The number of amides is 10. The average molecular weight is 1500 g/mol. The van der Waals surface area contributed by atoms with Gasteiger partial charge < -0.3 is 113 Å². The van der Waals surface area contributed by atoms with E-state index in [0.717, 1.165) is 43.5 Å². The fourth-order valence-electron chi connectivity index (χ4n) is 12.8. The third kappa shape index (κ3) is 19.1. The standard InChI is InChI=1S/C73H92ClN11O21/c1-9-10-11-12-20-77-73(102)79-52(89)31-45-66(96)80-55-39-28-49(103-47-18-15-37(24-34(47)4)59(90)57(70(100)78-45)83-65(95)44(75-6)23-33(2)3)64(106-72-63(94)62(93)61(92)51(32-86)105-72)50(29-39)104-48-19-16-38(27-43(48)74)60(91)58-71(101)82-56(67(97)76-21-13-22-85(7)8)42-30-40(87)25-35(5)53(42)41-26-36(14-17-46(41)88)54(68(98)84-58)81-69(55)99/h14-19,24-30,33,44-45,51,54-63,72,75,86-88,90-94H,9-13,20-23,31-32H2,1-8H3,(H,76,97)(H,78,100)(H,80,96)(H,81,99)(H,82,101)(H,83,95)(H,84,98)(H2,77,79,89,102)/t44-,45+,51-,54-,55-,56+,57-,58+,59-,60-,61-,62+,63-,72+/m1/s1. The predicted octanol–water partition coefficient (Wildman–Crippen LogP) is 2.03. The zero-order valence-electron chi connectivity index (χ0n) is 59.7. The molecule has 572 valence electrons. The Hall–Kier alpha value is -9.74. The minimum Gasteiger partial charge on any atom is -0.508 e. The van der Waals surface area contributed by atoms with Gasteiger partial charge in [0.25, 0.3) is 0 Å².